The number of hydrogen-bond acceptors (Lipinski definition) is 2. The molecule has 0 aromatic heterocycles. The molecule has 0 atom stereocenters. The summed E-state index contributed by atoms with van der Waals surface area (Å²) in [6, 6.07) is 0. The summed E-state index contributed by atoms with van der Waals surface area (Å²) in [6.07, 6.45) is 2.45. The molecule has 0 radical (unpaired) electrons. The lowest BCUT2D eigenvalue weighted by molar-refractivity contribution is -0.278. The Morgan fingerprint density at radius 1 is 1.08 bits per heavy atom. The Kier molecular flexibility index (Phi) is 5.18. The van der Waals surface area contributed by atoms with E-state index in [4.69, 9.17) is 9.46 Å². The maximum Gasteiger partial charge on any atom is 0.214 e. The van der Waals surface area contributed by atoms with E-state index in [2.05, 4.69) is 20.8 Å². The summed E-state index contributed by atoms with van der Waals surface area (Å²) >= 11 is 0. The summed E-state index contributed by atoms with van der Waals surface area (Å²) in [6.45, 7) is 12.8. The topological polar surface area (TPSA) is 18.5 Å². The first kappa shape index (κ1) is 13.1. The van der Waals surface area contributed by atoms with Gasteiger partial charge in [0.2, 0.25) is 9.76 Å². The smallest absolute Gasteiger partial charge is 0.214 e. The first-order valence-corrected chi connectivity index (χ1v) is 6.36. The van der Waals surface area contributed by atoms with Gasteiger partial charge in [-0.1, -0.05) is 27.2 Å². The van der Waals surface area contributed by atoms with E-state index in [9.17, 15) is 0 Å². The van der Waals surface area contributed by atoms with Gasteiger partial charge in [0.15, 0.2) is 0 Å². The van der Waals surface area contributed by atoms with Gasteiger partial charge >= 0.3 is 0 Å². The Morgan fingerprint density at radius 3 is 2.00 bits per heavy atom. The number of hydrogen-bond donors (Lipinski definition) is 0. The average molecular weight is 204 g/mol. The minimum atomic E-state index is -0.574. The SMILES string of the molecule is CCCC(C)(C)[SiH2]OOC(C)(C)C. The third-order valence-electron chi connectivity index (χ3n) is 1.69. The van der Waals surface area contributed by atoms with Crippen molar-refractivity contribution in [3.63, 3.8) is 0 Å². The summed E-state index contributed by atoms with van der Waals surface area (Å²) in [7, 11) is -0.574. The van der Waals surface area contributed by atoms with E-state index in [1.165, 1.54) is 12.8 Å². The molecule has 0 aromatic rings. The zero-order chi connectivity index (χ0) is 10.5. The molecule has 0 unspecified atom stereocenters. The molecule has 0 saturated carbocycles. The highest BCUT2D eigenvalue weighted by atomic mass is 28.2. The molecular formula is C10H24O2Si. The molecule has 0 amide bonds. The molecule has 0 aromatic carbocycles. The van der Waals surface area contributed by atoms with E-state index in [1.54, 1.807) is 0 Å². The quantitative estimate of drug-likeness (QED) is 0.389. The van der Waals surface area contributed by atoms with Crippen molar-refractivity contribution in [1.29, 1.82) is 0 Å². The van der Waals surface area contributed by atoms with Crippen molar-refractivity contribution in [2.24, 2.45) is 0 Å². The van der Waals surface area contributed by atoms with Gasteiger partial charge in [-0.2, -0.15) is 0 Å². The third-order valence-corrected chi connectivity index (χ3v) is 3.06. The van der Waals surface area contributed by atoms with E-state index < -0.39 is 9.76 Å². The van der Waals surface area contributed by atoms with Crippen molar-refractivity contribution in [2.75, 3.05) is 0 Å². The van der Waals surface area contributed by atoms with Crippen LogP contribution in [0.5, 0.6) is 0 Å². The van der Waals surface area contributed by atoms with Crippen molar-refractivity contribution >= 4 is 9.76 Å². The van der Waals surface area contributed by atoms with Gasteiger partial charge in [-0.05, 0) is 32.2 Å². The molecule has 0 heterocycles. The molecule has 0 N–H and O–H groups in total. The van der Waals surface area contributed by atoms with E-state index >= 15 is 0 Å². The van der Waals surface area contributed by atoms with E-state index in [0.717, 1.165) is 0 Å². The van der Waals surface area contributed by atoms with E-state index in [0.29, 0.717) is 5.04 Å². The van der Waals surface area contributed by atoms with Crippen LogP contribution >= 0.6 is 0 Å². The molecule has 0 aliphatic heterocycles. The Morgan fingerprint density at radius 2 is 1.62 bits per heavy atom. The highest BCUT2D eigenvalue weighted by Crippen LogP contribution is 2.29. The highest BCUT2D eigenvalue weighted by molar-refractivity contribution is 6.31. The number of rotatable bonds is 5. The highest BCUT2D eigenvalue weighted by Gasteiger charge is 2.20. The fourth-order valence-corrected chi connectivity index (χ4v) is 2.34. The van der Waals surface area contributed by atoms with Gasteiger partial charge in [-0.15, -0.1) is 0 Å². The van der Waals surface area contributed by atoms with Gasteiger partial charge in [0.25, 0.3) is 0 Å². The van der Waals surface area contributed by atoms with Crippen LogP contribution in [-0.2, 0) is 9.46 Å². The van der Waals surface area contributed by atoms with E-state index in [-0.39, 0.29) is 5.60 Å². The van der Waals surface area contributed by atoms with E-state index in [1.807, 2.05) is 20.8 Å². The Balaban J connectivity index is 3.63. The largest absolute Gasteiger partial charge is 0.293 e. The van der Waals surface area contributed by atoms with Gasteiger partial charge in [0, 0.05) is 0 Å². The molecule has 2 nitrogen and oxygen atoms in total. The summed E-state index contributed by atoms with van der Waals surface area (Å²) in [5, 5.41) is 0.361. The molecular weight excluding hydrogens is 180 g/mol. The fraction of sp³-hybridized carbons (Fsp3) is 1.00. The summed E-state index contributed by atoms with van der Waals surface area (Å²) in [5.74, 6) is 0. The van der Waals surface area contributed by atoms with Gasteiger partial charge in [0.05, 0.1) is 5.60 Å². The Hall–Kier alpha value is 0.137. The first-order chi connectivity index (χ1) is 5.77. The second kappa shape index (κ2) is 5.13. The molecule has 0 saturated heterocycles. The monoisotopic (exact) mass is 204 g/mol. The second-order valence-electron chi connectivity index (χ2n) is 5.37. The molecule has 13 heavy (non-hydrogen) atoms. The Labute approximate surface area is 84.9 Å². The molecule has 0 aliphatic carbocycles. The van der Waals surface area contributed by atoms with Gasteiger partial charge in [0.1, 0.15) is 0 Å². The predicted octanol–water partition coefficient (Wildman–Crippen LogP) is 2.82. The zero-order valence-electron chi connectivity index (χ0n) is 9.94. The van der Waals surface area contributed by atoms with Crippen molar-refractivity contribution in [3.8, 4) is 0 Å². The van der Waals surface area contributed by atoms with Crippen LogP contribution in [0.15, 0.2) is 0 Å². The van der Waals surface area contributed by atoms with Crippen LogP contribution in [0.25, 0.3) is 0 Å². The van der Waals surface area contributed by atoms with Crippen LogP contribution in [0.2, 0.25) is 5.04 Å². The third kappa shape index (κ3) is 8.47. The fourth-order valence-electron chi connectivity index (χ4n) is 1.11. The van der Waals surface area contributed by atoms with Crippen LogP contribution in [0.4, 0.5) is 0 Å². The average Bonchev–Trinajstić information content (AvgIpc) is 1.82. The van der Waals surface area contributed by atoms with Crippen molar-refractivity contribution in [2.45, 2.75) is 65.0 Å². The minimum Gasteiger partial charge on any atom is -0.293 e. The summed E-state index contributed by atoms with van der Waals surface area (Å²) < 4.78 is 5.35. The molecule has 0 spiro atoms. The first-order valence-electron chi connectivity index (χ1n) is 5.07. The van der Waals surface area contributed by atoms with Gasteiger partial charge in [-0.3, -0.25) is 4.58 Å². The second-order valence-corrected chi connectivity index (χ2v) is 7.81. The molecule has 0 fully saturated rings. The van der Waals surface area contributed by atoms with Crippen LogP contribution < -0.4 is 0 Å². The zero-order valence-corrected chi connectivity index (χ0v) is 11.4. The van der Waals surface area contributed by atoms with Gasteiger partial charge < -0.3 is 0 Å². The molecule has 0 aliphatic rings. The lowest BCUT2D eigenvalue weighted by atomic mass is 10.1. The van der Waals surface area contributed by atoms with Crippen LogP contribution in [0.1, 0.15) is 54.4 Å². The van der Waals surface area contributed by atoms with Crippen molar-refractivity contribution in [3.05, 3.63) is 0 Å². The van der Waals surface area contributed by atoms with Crippen molar-refractivity contribution < 1.29 is 9.46 Å². The molecule has 3 heteroatoms. The normalized spacial score (nSPS) is 14.3. The maximum absolute atomic E-state index is 5.35. The minimum absolute atomic E-state index is 0.171. The standard InChI is InChI=1S/C10H24O2Si/c1-7-8-10(5,6)13-12-11-9(2,3)4/h7-8,13H2,1-6H3. The predicted molar refractivity (Wildman–Crippen MR) is 59.4 cm³/mol. The van der Waals surface area contributed by atoms with Crippen LogP contribution in [0.3, 0.4) is 0 Å². The van der Waals surface area contributed by atoms with Crippen LogP contribution in [-0.4, -0.2) is 15.4 Å². The summed E-state index contributed by atoms with van der Waals surface area (Å²) in [4.78, 5) is 5.27. The summed E-state index contributed by atoms with van der Waals surface area (Å²) in [5.41, 5.74) is -0.171. The van der Waals surface area contributed by atoms with Gasteiger partial charge in [-0.25, -0.2) is 4.89 Å². The van der Waals surface area contributed by atoms with Crippen LogP contribution in [0, 0.1) is 0 Å². The Bertz CT molecular complexity index is 138. The molecule has 0 bridgehead atoms. The molecule has 80 valence electrons. The maximum atomic E-state index is 5.35. The lowest BCUT2D eigenvalue weighted by Crippen LogP contribution is -2.24. The molecule has 0 rings (SSSR count). The van der Waals surface area contributed by atoms with Crippen molar-refractivity contribution in [1.82, 2.24) is 0 Å². The lowest BCUT2D eigenvalue weighted by Gasteiger charge is -2.25.